The fraction of sp³-hybridized carbons (Fsp3) is 0.698. The van der Waals surface area contributed by atoms with Crippen molar-refractivity contribution in [2.75, 3.05) is 40.9 Å². The number of hydrogen-bond donors (Lipinski definition) is 5. The fourth-order valence-corrected chi connectivity index (χ4v) is 5.96. The molecule has 55 heavy (non-hydrogen) atoms. The molecule has 11 nitrogen and oxygen atoms in total. The molecule has 1 amide bonds. The number of aliphatic hydroxyl groups excluding tert-OH is 4. The van der Waals surface area contributed by atoms with Gasteiger partial charge in [0, 0.05) is 6.42 Å². The summed E-state index contributed by atoms with van der Waals surface area (Å²) in [6.07, 6.45) is 33.1. The summed E-state index contributed by atoms with van der Waals surface area (Å²) in [7, 11) is 1.02. The Morgan fingerprint density at radius 1 is 0.691 bits per heavy atom. The first-order valence-electron chi connectivity index (χ1n) is 20.6. The monoisotopic (exact) mass is 797 g/mol. The van der Waals surface area contributed by atoms with E-state index in [-0.39, 0.29) is 25.9 Å². The molecule has 0 fully saturated rings. The summed E-state index contributed by atoms with van der Waals surface area (Å²) in [6.45, 7) is 4.16. The van der Waals surface area contributed by atoms with Gasteiger partial charge in [0.05, 0.1) is 58.2 Å². The molecular weight excluding hydrogens is 719 g/mol. The molecule has 0 bridgehead atoms. The summed E-state index contributed by atoms with van der Waals surface area (Å²) in [5.41, 5.74) is 0. The Bertz CT molecular complexity index is 1180. The van der Waals surface area contributed by atoms with Gasteiger partial charge in [-0.15, -0.1) is 0 Å². The van der Waals surface area contributed by atoms with Crippen molar-refractivity contribution in [3.05, 3.63) is 72.9 Å². The third-order valence-electron chi connectivity index (χ3n) is 8.73. The summed E-state index contributed by atoms with van der Waals surface area (Å²) in [5, 5.41) is 44.2. The minimum absolute atomic E-state index is 0.0178. The molecule has 0 aromatic rings. The molecular formula is C43H77N2O9P. The molecule has 1 unspecified atom stereocenters. The van der Waals surface area contributed by atoms with E-state index in [0.717, 1.165) is 64.2 Å². The number of phosphoric ester groups is 1. The van der Waals surface area contributed by atoms with Gasteiger partial charge in [-0.05, 0) is 51.4 Å². The molecule has 12 heteroatoms. The van der Waals surface area contributed by atoms with Crippen LogP contribution in [0.3, 0.4) is 0 Å². The minimum atomic E-state index is -4.69. The highest BCUT2D eigenvalue weighted by Gasteiger charge is 2.23. The van der Waals surface area contributed by atoms with Gasteiger partial charge >= 0.3 is 0 Å². The smallest absolute Gasteiger partial charge is 0.268 e. The zero-order chi connectivity index (χ0) is 41.2. The average Bonchev–Trinajstić information content (AvgIpc) is 3.12. The van der Waals surface area contributed by atoms with Gasteiger partial charge in [0.1, 0.15) is 13.2 Å². The number of hydrogen-bond acceptors (Lipinski definition) is 9. The number of nitrogens with one attached hydrogen (secondary N) is 1. The van der Waals surface area contributed by atoms with Crippen LogP contribution in [0.25, 0.3) is 0 Å². The molecule has 0 heterocycles. The standard InChI is InChI=1S/C43H77N2O9P/c1-6-8-10-11-12-13-14-15-16-17-18-22-26-31-40(47)39(37-54-55(51,52)53-36-35-45(3,4)5)44-43(50)34-28-33-42(49)41(48)32-27-23-20-19-21-25-30-38(46)29-24-9-7-2/h10-11,19-21,23,25-27,30-32,38-42,46-49H,6-9,12-18,22,24,28-29,33-37H2,1-5H3,(H-,44,50,51,52)/b11-10-,21-19-,23-20+,30-25+,31-26+,32-27+/t38-,39-,40+,41-,42-/m0/s1. The number of phosphoric acid groups is 1. The molecule has 0 radical (unpaired) electrons. The van der Waals surface area contributed by atoms with Crippen LogP contribution in [0.4, 0.5) is 0 Å². The quantitative estimate of drug-likeness (QED) is 0.0147. The number of carbonyl (C=O) groups is 1. The first-order chi connectivity index (χ1) is 26.2. The van der Waals surface area contributed by atoms with Crippen molar-refractivity contribution >= 4 is 13.7 Å². The number of quaternary nitrogens is 1. The van der Waals surface area contributed by atoms with Crippen LogP contribution in [-0.4, -0.2) is 102 Å². The molecule has 0 aromatic carbocycles. The SMILES string of the molecule is CCC/C=C\CCCCCCCC/C=C/[C@@H](O)[C@H](COP(=O)([O-])OCC[N+](C)(C)C)NC(=O)CCC[C@H](O)[C@@H](O)/C=C/C=C/C=C\C=C\[C@@H](O)CCCCC. The van der Waals surface area contributed by atoms with Gasteiger partial charge in [-0.25, -0.2) is 0 Å². The Labute approximate surface area is 333 Å². The molecule has 6 atom stereocenters. The predicted octanol–water partition coefficient (Wildman–Crippen LogP) is 7.13. The molecule has 0 rings (SSSR count). The van der Waals surface area contributed by atoms with Crippen LogP contribution in [0.1, 0.15) is 123 Å². The van der Waals surface area contributed by atoms with Gasteiger partial charge in [0.2, 0.25) is 5.91 Å². The Morgan fingerprint density at radius 3 is 1.93 bits per heavy atom. The van der Waals surface area contributed by atoms with Crippen LogP contribution in [-0.2, 0) is 18.4 Å². The molecule has 0 aromatic heterocycles. The number of rotatable bonds is 35. The molecule has 318 valence electrons. The van der Waals surface area contributed by atoms with Crippen molar-refractivity contribution in [3.8, 4) is 0 Å². The van der Waals surface area contributed by atoms with E-state index < -0.39 is 50.8 Å². The van der Waals surface area contributed by atoms with Crippen molar-refractivity contribution in [3.63, 3.8) is 0 Å². The Balaban J connectivity index is 4.88. The van der Waals surface area contributed by atoms with Gasteiger partial charge in [0.25, 0.3) is 7.82 Å². The number of likely N-dealkylation sites (N-methyl/N-ethyl adjacent to an activating group) is 1. The molecule has 0 saturated carbocycles. The maximum absolute atomic E-state index is 12.8. The third-order valence-corrected chi connectivity index (χ3v) is 9.69. The van der Waals surface area contributed by atoms with Gasteiger partial charge in [-0.3, -0.25) is 9.36 Å². The number of unbranched alkanes of at least 4 members (excludes halogenated alkanes) is 10. The first-order valence-corrected chi connectivity index (χ1v) is 22.1. The highest BCUT2D eigenvalue weighted by Crippen LogP contribution is 2.38. The summed E-state index contributed by atoms with van der Waals surface area (Å²) in [6, 6.07) is -1.05. The topological polar surface area (TPSA) is 169 Å². The lowest BCUT2D eigenvalue weighted by atomic mass is 10.1. The van der Waals surface area contributed by atoms with E-state index in [9.17, 15) is 34.7 Å². The van der Waals surface area contributed by atoms with E-state index in [4.69, 9.17) is 9.05 Å². The van der Waals surface area contributed by atoms with Crippen molar-refractivity contribution < 1.29 is 48.2 Å². The van der Waals surface area contributed by atoms with Crippen LogP contribution in [0.15, 0.2) is 72.9 Å². The van der Waals surface area contributed by atoms with Gasteiger partial charge < -0.3 is 44.2 Å². The second-order valence-corrected chi connectivity index (χ2v) is 16.6. The average molecular weight is 797 g/mol. The van der Waals surface area contributed by atoms with E-state index in [1.54, 1.807) is 48.6 Å². The first kappa shape index (κ1) is 52.8. The summed E-state index contributed by atoms with van der Waals surface area (Å²) >= 11 is 0. The minimum Gasteiger partial charge on any atom is -0.756 e. The van der Waals surface area contributed by atoms with Crippen molar-refractivity contribution in [2.45, 2.75) is 153 Å². The number of nitrogens with zero attached hydrogens (tertiary/aromatic N) is 1. The molecule has 0 aliphatic rings. The lowest BCUT2D eigenvalue weighted by Gasteiger charge is -2.29. The second-order valence-electron chi connectivity index (χ2n) is 15.2. The van der Waals surface area contributed by atoms with Gasteiger partial charge in [-0.1, -0.05) is 138 Å². The number of aliphatic hydroxyl groups is 4. The maximum atomic E-state index is 12.8. The summed E-state index contributed by atoms with van der Waals surface area (Å²) < 4.78 is 23.0. The molecule has 5 N–H and O–H groups in total. The largest absolute Gasteiger partial charge is 0.756 e. The highest BCUT2D eigenvalue weighted by molar-refractivity contribution is 7.45. The Hall–Kier alpha value is -2.18. The number of carbonyl (C=O) groups excluding carboxylic acids is 1. The molecule has 0 spiro atoms. The van der Waals surface area contributed by atoms with E-state index in [1.165, 1.54) is 31.8 Å². The second kappa shape index (κ2) is 33.9. The normalized spacial score (nSPS) is 16.9. The van der Waals surface area contributed by atoms with Crippen LogP contribution in [0, 0.1) is 0 Å². The van der Waals surface area contributed by atoms with Crippen LogP contribution in [0.2, 0.25) is 0 Å². The Kier molecular flexibility index (Phi) is 32.6. The third kappa shape index (κ3) is 34.8. The van der Waals surface area contributed by atoms with Crippen LogP contribution in [0.5, 0.6) is 0 Å². The van der Waals surface area contributed by atoms with Gasteiger partial charge in [-0.2, -0.15) is 0 Å². The van der Waals surface area contributed by atoms with Crippen molar-refractivity contribution in [2.24, 2.45) is 0 Å². The molecule has 0 aliphatic heterocycles. The van der Waals surface area contributed by atoms with Crippen LogP contribution < -0.4 is 10.2 Å². The zero-order valence-electron chi connectivity index (χ0n) is 34.7. The summed E-state index contributed by atoms with van der Waals surface area (Å²) in [5.74, 6) is -0.455. The van der Waals surface area contributed by atoms with Crippen molar-refractivity contribution in [1.82, 2.24) is 5.32 Å². The summed E-state index contributed by atoms with van der Waals surface area (Å²) in [4.78, 5) is 25.3. The van der Waals surface area contributed by atoms with E-state index in [0.29, 0.717) is 11.0 Å². The maximum Gasteiger partial charge on any atom is 0.268 e. The van der Waals surface area contributed by atoms with Crippen LogP contribution >= 0.6 is 7.82 Å². The number of amides is 1. The van der Waals surface area contributed by atoms with E-state index in [2.05, 4.69) is 31.3 Å². The highest BCUT2D eigenvalue weighted by atomic mass is 31.2. The predicted molar refractivity (Wildman–Crippen MR) is 223 cm³/mol. The van der Waals surface area contributed by atoms with E-state index in [1.807, 2.05) is 27.2 Å². The lowest BCUT2D eigenvalue weighted by molar-refractivity contribution is -0.870. The molecule has 0 aliphatic carbocycles. The molecule has 0 saturated heterocycles. The van der Waals surface area contributed by atoms with Gasteiger partial charge in [0.15, 0.2) is 0 Å². The zero-order valence-corrected chi connectivity index (χ0v) is 35.6. The van der Waals surface area contributed by atoms with Crippen molar-refractivity contribution in [1.29, 1.82) is 0 Å². The lowest BCUT2D eigenvalue weighted by Crippen LogP contribution is -2.46. The Morgan fingerprint density at radius 2 is 1.29 bits per heavy atom. The van der Waals surface area contributed by atoms with E-state index >= 15 is 0 Å². The fourth-order valence-electron chi connectivity index (χ4n) is 5.24. The number of allylic oxidation sites excluding steroid dienone is 9.